The van der Waals surface area contributed by atoms with Gasteiger partial charge in [-0.25, -0.2) is 4.98 Å². The van der Waals surface area contributed by atoms with E-state index in [0.29, 0.717) is 17.6 Å². The summed E-state index contributed by atoms with van der Waals surface area (Å²) >= 11 is 3.51. The van der Waals surface area contributed by atoms with E-state index in [1.807, 2.05) is 62.4 Å². The predicted molar refractivity (Wildman–Crippen MR) is 147 cm³/mol. The van der Waals surface area contributed by atoms with Gasteiger partial charge in [-0.05, 0) is 48.2 Å². The number of hydrogen-bond donors (Lipinski definition) is 1. The van der Waals surface area contributed by atoms with Crippen LogP contribution in [0.5, 0.6) is 0 Å². The molecule has 9 heteroatoms. The van der Waals surface area contributed by atoms with Crippen molar-refractivity contribution in [2.75, 3.05) is 18.9 Å². The second-order valence-electron chi connectivity index (χ2n) is 10.5. The molecular formula is C29H28BrN5O3. The van der Waals surface area contributed by atoms with Gasteiger partial charge in [0.15, 0.2) is 0 Å². The Morgan fingerprint density at radius 3 is 2.71 bits per heavy atom. The molecule has 1 fully saturated rings. The Morgan fingerprint density at radius 2 is 1.97 bits per heavy atom. The average molecular weight is 574 g/mol. The van der Waals surface area contributed by atoms with Gasteiger partial charge in [0, 0.05) is 35.6 Å². The molecule has 38 heavy (non-hydrogen) atoms. The Bertz CT molecular complexity index is 1500. The molecule has 2 aromatic carbocycles. The number of carbonyl (C=O) groups is 3. The fourth-order valence-electron chi connectivity index (χ4n) is 5.61. The van der Waals surface area contributed by atoms with E-state index in [4.69, 9.17) is 0 Å². The number of anilines is 1. The van der Waals surface area contributed by atoms with Gasteiger partial charge in [0.25, 0.3) is 5.91 Å². The van der Waals surface area contributed by atoms with Crippen LogP contribution < -0.4 is 5.32 Å². The molecule has 5 rings (SSSR count). The molecule has 0 radical (unpaired) electrons. The number of likely N-dealkylation sites (N-methyl/N-ethyl adjacent to an activating group) is 1. The van der Waals surface area contributed by atoms with Gasteiger partial charge >= 0.3 is 0 Å². The molecular weight excluding hydrogens is 546 g/mol. The standard InChI is InChI=1S/C29H28BrN5O3/c1-17(2)13-25(34(3)26(36)24-12-11-19-21(30)8-6-10-22(19)32-24)27(37)35-16-29(14-18(35)15-31)20-7-4-5-9-23(20)33-28(29)38/h4-12,17-18,25H,13-14,16H2,1-3H3,(H,33,38)/t18-,25-,29-/m0/s1. The lowest BCUT2D eigenvalue weighted by Crippen LogP contribution is -2.52. The summed E-state index contributed by atoms with van der Waals surface area (Å²) in [6, 6.07) is 17.1. The van der Waals surface area contributed by atoms with Gasteiger partial charge < -0.3 is 15.1 Å². The summed E-state index contributed by atoms with van der Waals surface area (Å²) in [5, 5.41) is 13.8. The van der Waals surface area contributed by atoms with Gasteiger partial charge in [0.05, 0.1) is 17.0 Å². The average Bonchev–Trinajstić information content (AvgIpc) is 3.44. The molecule has 2 aliphatic rings. The number of pyridine rings is 1. The van der Waals surface area contributed by atoms with Crippen molar-refractivity contribution in [2.45, 2.75) is 44.2 Å². The SMILES string of the molecule is CC(C)C[C@@H](C(=O)N1C[C@]2(C[C@H]1C#N)C(=O)Nc1ccccc12)N(C)C(=O)c1ccc2c(Br)cccc2n1. The number of rotatable bonds is 5. The molecule has 1 spiro atoms. The minimum absolute atomic E-state index is 0.0891. The van der Waals surface area contributed by atoms with Crippen molar-refractivity contribution in [1.29, 1.82) is 5.26 Å². The summed E-state index contributed by atoms with van der Waals surface area (Å²) in [7, 11) is 1.60. The van der Waals surface area contributed by atoms with Crippen LogP contribution in [0.1, 0.15) is 42.7 Å². The number of nitrogens with one attached hydrogen (secondary N) is 1. The van der Waals surface area contributed by atoms with Crippen LogP contribution in [-0.2, 0) is 15.0 Å². The first-order chi connectivity index (χ1) is 18.2. The summed E-state index contributed by atoms with van der Waals surface area (Å²) in [6.07, 6.45) is 0.621. The maximum absolute atomic E-state index is 14.1. The molecule has 3 aromatic rings. The molecule has 194 valence electrons. The predicted octanol–water partition coefficient (Wildman–Crippen LogP) is 4.50. The van der Waals surface area contributed by atoms with Crippen molar-refractivity contribution in [2.24, 2.45) is 5.92 Å². The highest BCUT2D eigenvalue weighted by Gasteiger charge is 2.56. The molecule has 1 N–H and O–H groups in total. The van der Waals surface area contributed by atoms with E-state index < -0.39 is 17.5 Å². The van der Waals surface area contributed by atoms with E-state index >= 15 is 0 Å². The van der Waals surface area contributed by atoms with Gasteiger partial charge in [0.2, 0.25) is 11.8 Å². The number of likely N-dealkylation sites (tertiary alicyclic amines) is 1. The third kappa shape index (κ3) is 4.23. The molecule has 2 aliphatic heterocycles. The van der Waals surface area contributed by atoms with Crippen LogP contribution in [0.25, 0.3) is 10.9 Å². The number of fused-ring (bicyclic) bond motifs is 3. The quantitative estimate of drug-likeness (QED) is 0.483. The van der Waals surface area contributed by atoms with E-state index in [9.17, 15) is 19.6 Å². The molecule has 8 nitrogen and oxygen atoms in total. The van der Waals surface area contributed by atoms with Crippen molar-refractivity contribution >= 4 is 50.2 Å². The summed E-state index contributed by atoms with van der Waals surface area (Å²) in [6.45, 7) is 4.06. The minimum atomic E-state index is -0.981. The van der Waals surface area contributed by atoms with Gasteiger partial charge in [-0.15, -0.1) is 0 Å². The number of para-hydroxylation sites is 1. The monoisotopic (exact) mass is 573 g/mol. The van der Waals surface area contributed by atoms with E-state index in [1.54, 1.807) is 13.1 Å². The maximum Gasteiger partial charge on any atom is 0.272 e. The van der Waals surface area contributed by atoms with Crippen LogP contribution in [0.15, 0.2) is 59.1 Å². The lowest BCUT2D eigenvalue weighted by Gasteiger charge is -2.33. The highest BCUT2D eigenvalue weighted by Crippen LogP contribution is 2.46. The number of aromatic nitrogens is 1. The zero-order chi connectivity index (χ0) is 27.2. The first-order valence-corrected chi connectivity index (χ1v) is 13.4. The first-order valence-electron chi connectivity index (χ1n) is 12.6. The first kappa shape index (κ1) is 25.9. The molecule has 0 bridgehead atoms. The number of halogens is 1. The number of hydrogen-bond acceptors (Lipinski definition) is 5. The number of nitriles is 1. The molecule has 3 heterocycles. The smallest absolute Gasteiger partial charge is 0.272 e. The number of carbonyl (C=O) groups excluding carboxylic acids is 3. The molecule has 0 unspecified atom stereocenters. The van der Waals surface area contributed by atoms with E-state index in [-0.39, 0.29) is 42.3 Å². The Balaban J connectivity index is 1.46. The largest absolute Gasteiger partial charge is 0.328 e. The van der Waals surface area contributed by atoms with Crippen LogP contribution >= 0.6 is 15.9 Å². The molecule has 0 aliphatic carbocycles. The third-order valence-corrected chi connectivity index (χ3v) is 8.27. The van der Waals surface area contributed by atoms with Gasteiger partial charge in [-0.3, -0.25) is 14.4 Å². The number of amides is 3. The Morgan fingerprint density at radius 1 is 1.21 bits per heavy atom. The van der Waals surface area contributed by atoms with Crippen molar-refractivity contribution in [3.63, 3.8) is 0 Å². The number of benzene rings is 2. The van der Waals surface area contributed by atoms with Gasteiger partial charge in [0.1, 0.15) is 17.8 Å². The second-order valence-corrected chi connectivity index (χ2v) is 11.3. The molecule has 1 saturated heterocycles. The van der Waals surface area contributed by atoms with Crippen molar-refractivity contribution in [1.82, 2.24) is 14.8 Å². The van der Waals surface area contributed by atoms with Crippen LogP contribution in [0, 0.1) is 17.2 Å². The Labute approximate surface area is 229 Å². The normalized spacial score (nSPS) is 20.9. The Hall–Kier alpha value is -3.77. The number of nitrogens with zero attached hydrogens (tertiary/aromatic N) is 4. The van der Waals surface area contributed by atoms with E-state index in [1.165, 1.54) is 9.80 Å². The maximum atomic E-state index is 14.1. The lowest BCUT2D eigenvalue weighted by molar-refractivity contribution is -0.136. The molecule has 1 aromatic heterocycles. The molecule has 3 amide bonds. The fraction of sp³-hybridized carbons (Fsp3) is 0.345. The summed E-state index contributed by atoms with van der Waals surface area (Å²) in [5.41, 5.74) is 1.44. The van der Waals surface area contributed by atoms with Gasteiger partial charge in [-0.2, -0.15) is 5.26 Å². The van der Waals surface area contributed by atoms with Gasteiger partial charge in [-0.1, -0.05) is 54.0 Å². The highest BCUT2D eigenvalue weighted by molar-refractivity contribution is 9.10. The highest BCUT2D eigenvalue weighted by atomic mass is 79.9. The van der Waals surface area contributed by atoms with Crippen LogP contribution in [0.3, 0.4) is 0 Å². The minimum Gasteiger partial charge on any atom is -0.328 e. The van der Waals surface area contributed by atoms with Crippen LogP contribution in [0.4, 0.5) is 5.69 Å². The lowest BCUT2D eigenvalue weighted by atomic mass is 9.80. The second kappa shape index (κ2) is 9.84. The van der Waals surface area contributed by atoms with E-state index in [0.717, 1.165) is 15.4 Å². The topological polar surface area (TPSA) is 106 Å². The van der Waals surface area contributed by atoms with Crippen molar-refractivity contribution in [3.8, 4) is 6.07 Å². The zero-order valence-corrected chi connectivity index (χ0v) is 23.0. The zero-order valence-electron chi connectivity index (χ0n) is 21.4. The van der Waals surface area contributed by atoms with Crippen LogP contribution in [0.2, 0.25) is 0 Å². The molecule has 0 saturated carbocycles. The van der Waals surface area contributed by atoms with Crippen LogP contribution in [-0.4, -0.2) is 58.2 Å². The fourth-order valence-corrected chi connectivity index (χ4v) is 6.10. The van der Waals surface area contributed by atoms with Crippen molar-refractivity contribution < 1.29 is 14.4 Å². The molecule has 3 atom stereocenters. The summed E-state index contributed by atoms with van der Waals surface area (Å²) in [5.74, 6) is -0.811. The summed E-state index contributed by atoms with van der Waals surface area (Å²) in [4.78, 5) is 48.3. The Kier molecular flexibility index (Phi) is 6.70. The van der Waals surface area contributed by atoms with Crippen molar-refractivity contribution in [3.05, 3.63) is 70.3 Å². The third-order valence-electron chi connectivity index (χ3n) is 7.58. The summed E-state index contributed by atoms with van der Waals surface area (Å²) < 4.78 is 0.880. The van der Waals surface area contributed by atoms with E-state index in [2.05, 4.69) is 32.3 Å².